The van der Waals surface area contributed by atoms with Crippen molar-refractivity contribution < 1.29 is 112 Å². The van der Waals surface area contributed by atoms with Gasteiger partial charge in [-0.2, -0.15) is 0 Å². The van der Waals surface area contributed by atoms with Crippen LogP contribution in [0.5, 0.6) is 0 Å². The number of hydrogen-bond donors (Lipinski definition) is 11. The summed E-state index contributed by atoms with van der Waals surface area (Å²) in [4.78, 5) is 72.8. The highest BCUT2D eigenvalue weighted by Crippen LogP contribution is 2.23. The van der Waals surface area contributed by atoms with Crippen molar-refractivity contribution in [2.45, 2.75) is 113 Å². The van der Waals surface area contributed by atoms with Crippen LogP contribution < -0.4 is 26.6 Å². The summed E-state index contributed by atoms with van der Waals surface area (Å²) in [5.41, 5.74) is -1.33. The number of aliphatic hydroxyl groups excluding tert-OH is 6. The second-order valence-electron chi connectivity index (χ2n) is 16.5. The number of aldehydes is 1. The fraction of sp³-hybridized carbons (Fsp3) is 0.864. The molecule has 0 aromatic heterocycles. The molecule has 5 amide bonds. The normalized spacial score (nSPS) is 24.3. The van der Waals surface area contributed by atoms with Gasteiger partial charge in [0.25, 0.3) is 0 Å². The van der Waals surface area contributed by atoms with E-state index in [0.717, 1.165) is 0 Å². The Bertz CT molecular complexity index is 1460. The molecule has 0 aromatic rings. The molecule has 72 heavy (non-hydrogen) atoms. The Balaban J connectivity index is 1.84. The first kappa shape index (κ1) is 64.5. The summed E-state index contributed by atoms with van der Waals surface area (Å²) in [6.07, 6.45) is -9.90. The maximum atomic E-state index is 13.2. The molecule has 418 valence electrons. The van der Waals surface area contributed by atoms with E-state index in [4.69, 9.17) is 52.1 Å². The largest absolute Gasteiger partial charge is 0.394 e. The van der Waals surface area contributed by atoms with Crippen molar-refractivity contribution in [3.05, 3.63) is 0 Å². The maximum absolute atomic E-state index is 13.2. The summed E-state index contributed by atoms with van der Waals surface area (Å²) in [6, 6.07) is -2.20. The second kappa shape index (κ2) is 38.0. The molecule has 2 saturated heterocycles. The lowest BCUT2D eigenvalue weighted by atomic mass is 9.97. The number of rotatable bonds is 41. The van der Waals surface area contributed by atoms with Gasteiger partial charge >= 0.3 is 0 Å². The van der Waals surface area contributed by atoms with Crippen LogP contribution in [0.25, 0.3) is 0 Å². The Hall–Kier alpha value is -3.66. The molecule has 0 aliphatic carbocycles. The van der Waals surface area contributed by atoms with Crippen LogP contribution in [0.15, 0.2) is 0 Å². The summed E-state index contributed by atoms with van der Waals surface area (Å²) in [7, 11) is 0. The average Bonchev–Trinajstić information content (AvgIpc) is 3.34. The third kappa shape index (κ3) is 26.0. The maximum Gasteiger partial charge on any atom is 0.222 e. The minimum absolute atomic E-state index is 0.0294. The van der Waals surface area contributed by atoms with Gasteiger partial charge in [-0.25, -0.2) is 0 Å². The Morgan fingerprint density at radius 3 is 1.36 bits per heavy atom. The van der Waals surface area contributed by atoms with E-state index >= 15 is 0 Å². The van der Waals surface area contributed by atoms with Crippen LogP contribution in [0.4, 0.5) is 0 Å². The molecule has 0 unspecified atom stereocenters. The molecule has 28 nitrogen and oxygen atoms in total. The first-order valence-corrected chi connectivity index (χ1v) is 24.0. The van der Waals surface area contributed by atoms with Crippen molar-refractivity contribution in [2.24, 2.45) is 0 Å². The zero-order valence-electron chi connectivity index (χ0n) is 41.4. The van der Waals surface area contributed by atoms with Crippen molar-refractivity contribution in [2.75, 3.05) is 132 Å². The molecule has 2 fully saturated rings. The van der Waals surface area contributed by atoms with Gasteiger partial charge in [-0.05, 0) is 6.92 Å². The van der Waals surface area contributed by atoms with Crippen LogP contribution in [-0.2, 0) is 80.9 Å². The Morgan fingerprint density at radius 1 is 0.528 bits per heavy atom. The summed E-state index contributed by atoms with van der Waals surface area (Å²) >= 11 is 0. The van der Waals surface area contributed by atoms with Gasteiger partial charge in [0, 0.05) is 59.2 Å². The van der Waals surface area contributed by atoms with Crippen molar-refractivity contribution in [3.8, 4) is 0 Å². The molecule has 0 saturated carbocycles. The Morgan fingerprint density at radius 2 is 0.931 bits per heavy atom. The first-order valence-electron chi connectivity index (χ1n) is 24.0. The molecule has 10 atom stereocenters. The van der Waals surface area contributed by atoms with Crippen LogP contribution >= 0.6 is 0 Å². The van der Waals surface area contributed by atoms with Crippen LogP contribution in [-0.4, -0.2) is 265 Å². The van der Waals surface area contributed by atoms with E-state index in [1.807, 2.05) is 6.92 Å². The molecule has 0 aromatic carbocycles. The van der Waals surface area contributed by atoms with E-state index < -0.39 is 97.8 Å². The van der Waals surface area contributed by atoms with Crippen molar-refractivity contribution in [1.29, 1.82) is 0 Å². The predicted octanol–water partition coefficient (Wildman–Crippen LogP) is -6.11. The molecule has 2 heterocycles. The minimum atomic E-state index is -1.46. The Labute approximate surface area is 418 Å². The quantitative estimate of drug-likeness (QED) is 0.0200. The van der Waals surface area contributed by atoms with Gasteiger partial charge in [-0.15, -0.1) is 0 Å². The average molecular weight is 1050 g/mol. The molecule has 2 aliphatic heterocycles. The van der Waals surface area contributed by atoms with Gasteiger partial charge < -0.3 is 114 Å². The number of aliphatic hydroxyl groups is 6. The monoisotopic (exact) mass is 1050 g/mol. The SMILES string of the molecule is CCOCCOCCC(=O)NC(COCCC=O)(COCCC(=O)NCCOCCO[C@@H]1O[C@H](CO)[C@H](O)[C@H](O)[C@H]1NC(C)=O)COCCC(=O)NCCOCCO[C@@H]1O[C@H](CO)[C@H](O)[C@H](O)[C@H]1NC(C)=O. The van der Waals surface area contributed by atoms with E-state index in [2.05, 4.69) is 26.6 Å². The van der Waals surface area contributed by atoms with E-state index in [1.165, 1.54) is 13.8 Å². The zero-order valence-corrected chi connectivity index (χ0v) is 41.4. The second-order valence-corrected chi connectivity index (χ2v) is 16.5. The standard InChI is InChI=1S/C44H79N5O23/c1-4-62-18-19-63-13-8-35(57)49-44(26-66-12-5-11-50,27-67-14-6-33(55)45-9-16-64-20-22-69-42-36(47-29(2)53)40(60)38(58)31(24-51)71-42)28-68-15-7-34(56)46-10-17-65-21-23-70-43-37(48-30(3)54)41(61)39(59)32(25-52)72-43/h11,31-32,36-43,51-52,58-61H,4-10,12-28H2,1-3H3,(H,45,55)(H,46,56)(H,47,53)(H,48,54)(H,49,57)/t31-,32-,36-,37-,38+,39+,40-,41-,42-,43-/m1/s1. The molecule has 0 spiro atoms. The minimum Gasteiger partial charge on any atom is -0.394 e. The highest BCUT2D eigenvalue weighted by molar-refractivity contribution is 5.77. The van der Waals surface area contributed by atoms with Crippen molar-refractivity contribution >= 4 is 35.8 Å². The van der Waals surface area contributed by atoms with E-state index in [1.54, 1.807) is 0 Å². The van der Waals surface area contributed by atoms with Crippen LogP contribution in [0, 0.1) is 0 Å². The zero-order chi connectivity index (χ0) is 53.2. The van der Waals surface area contributed by atoms with Gasteiger partial charge in [0.15, 0.2) is 12.6 Å². The number of carbonyl (C=O) groups is 6. The molecule has 2 aliphatic rings. The van der Waals surface area contributed by atoms with Gasteiger partial charge in [-0.3, -0.25) is 24.0 Å². The number of carbonyl (C=O) groups excluding carboxylic acids is 6. The summed E-state index contributed by atoms with van der Waals surface area (Å²) in [6.45, 7) is 4.05. The molecule has 11 N–H and O–H groups in total. The number of ether oxygens (including phenoxy) is 11. The topological polar surface area (TPSA) is 385 Å². The van der Waals surface area contributed by atoms with E-state index in [0.29, 0.717) is 19.5 Å². The van der Waals surface area contributed by atoms with E-state index in [-0.39, 0.29) is 143 Å². The molecular weight excluding hydrogens is 966 g/mol. The van der Waals surface area contributed by atoms with Gasteiger partial charge in [0.1, 0.15) is 60.5 Å². The molecule has 28 heteroatoms. The van der Waals surface area contributed by atoms with Gasteiger partial charge in [0.05, 0.1) is 112 Å². The highest BCUT2D eigenvalue weighted by atomic mass is 16.7. The molecule has 0 bridgehead atoms. The fourth-order valence-electron chi connectivity index (χ4n) is 6.96. The van der Waals surface area contributed by atoms with Crippen LogP contribution in [0.3, 0.4) is 0 Å². The number of amides is 5. The van der Waals surface area contributed by atoms with Gasteiger partial charge in [0.2, 0.25) is 29.5 Å². The number of hydrogen-bond acceptors (Lipinski definition) is 23. The molecule has 2 rings (SSSR count). The summed E-state index contributed by atoms with van der Waals surface area (Å²) in [5, 5.41) is 73.3. The number of nitrogens with one attached hydrogen (secondary N) is 5. The highest BCUT2D eigenvalue weighted by Gasteiger charge is 2.46. The van der Waals surface area contributed by atoms with Crippen molar-refractivity contribution in [3.63, 3.8) is 0 Å². The smallest absolute Gasteiger partial charge is 0.222 e. The fourth-order valence-corrected chi connectivity index (χ4v) is 6.96. The third-order valence-electron chi connectivity index (χ3n) is 10.6. The lowest BCUT2D eigenvalue weighted by molar-refractivity contribution is -0.272. The van der Waals surface area contributed by atoms with Crippen LogP contribution in [0.1, 0.15) is 46.5 Å². The molecular formula is C44H79N5O23. The van der Waals surface area contributed by atoms with Gasteiger partial charge in [-0.1, -0.05) is 0 Å². The Kier molecular flexibility index (Phi) is 34.0. The van der Waals surface area contributed by atoms with E-state index in [9.17, 15) is 59.4 Å². The summed E-state index contributed by atoms with van der Waals surface area (Å²) in [5.74, 6) is -2.17. The van der Waals surface area contributed by atoms with Crippen molar-refractivity contribution in [1.82, 2.24) is 26.6 Å². The van der Waals surface area contributed by atoms with Crippen LogP contribution in [0.2, 0.25) is 0 Å². The lowest BCUT2D eigenvalue weighted by Crippen LogP contribution is -2.64. The summed E-state index contributed by atoms with van der Waals surface area (Å²) < 4.78 is 61.4. The third-order valence-corrected chi connectivity index (χ3v) is 10.6. The first-order chi connectivity index (χ1) is 34.6. The lowest BCUT2D eigenvalue weighted by Gasteiger charge is -2.42. The molecule has 0 radical (unpaired) electrons. The predicted molar refractivity (Wildman–Crippen MR) is 245 cm³/mol.